The Morgan fingerprint density at radius 3 is 2.12 bits per heavy atom. The van der Waals surface area contributed by atoms with Gasteiger partial charge in [-0.05, 0) is 6.07 Å². The fourth-order valence-electron chi connectivity index (χ4n) is 2.74. The molecule has 4 aromatic rings. The molecule has 0 atom stereocenters. The molecular weight excluding hydrogens is 326 g/mol. The highest BCUT2D eigenvalue weighted by atomic mass is 16.4. The molecule has 4 rings (SSSR count). The molecule has 2 aromatic heterocycles. The van der Waals surface area contributed by atoms with Crippen molar-refractivity contribution in [3.63, 3.8) is 0 Å². The number of carbonyl (C=O) groups is 1. The topological polar surface area (TPSA) is 82.0 Å². The summed E-state index contributed by atoms with van der Waals surface area (Å²) in [6.07, 6.45) is 3.29. The van der Waals surface area contributed by atoms with Crippen molar-refractivity contribution in [1.82, 2.24) is 9.97 Å². The van der Waals surface area contributed by atoms with Gasteiger partial charge in [-0.25, -0.2) is 4.98 Å². The monoisotopic (exact) mass is 341 g/mol. The van der Waals surface area contributed by atoms with Gasteiger partial charge in [0, 0.05) is 17.3 Å². The van der Waals surface area contributed by atoms with Crippen LogP contribution in [0.3, 0.4) is 0 Å². The van der Waals surface area contributed by atoms with Crippen molar-refractivity contribution in [1.29, 1.82) is 0 Å². The second kappa shape index (κ2) is 6.64. The zero-order chi connectivity index (χ0) is 17.9. The number of primary amides is 1. The maximum atomic E-state index is 11.9. The number of hydrogen-bond donors (Lipinski definition) is 1. The molecule has 1 amide bonds. The molecule has 126 valence electrons. The van der Waals surface area contributed by atoms with E-state index in [4.69, 9.17) is 10.2 Å². The Morgan fingerprint density at radius 1 is 0.808 bits per heavy atom. The largest absolute Gasteiger partial charge is 0.436 e. The second-order valence-corrected chi connectivity index (χ2v) is 5.75. The average Bonchev–Trinajstić information content (AvgIpc) is 3.19. The van der Waals surface area contributed by atoms with Crippen molar-refractivity contribution < 1.29 is 9.21 Å². The third-order valence-corrected chi connectivity index (χ3v) is 4.01. The van der Waals surface area contributed by atoms with Crippen molar-refractivity contribution >= 4 is 5.91 Å². The van der Waals surface area contributed by atoms with E-state index >= 15 is 0 Å². The van der Waals surface area contributed by atoms with Crippen LogP contribution >= 0.6 is 0 Å². The van der Waals surface area contributed by atoms with E-state index in [2.05, 4.69) is 9.97 Å². The van der Waals surface area contributed by atoms with Crippen molar-refractivity contribution in [3.8, 4) is 34.0 Å². The van der Waals surface area contributed by atoms with Gasteiger partial charge in [0.25, 0.3) is 5.91 Å². The van der Waals surface area contributed by atoms with Crippen LogP contribution in [0, 0.1) is 0 Å². The van der Waals surface area contributed by atoms with Crippen LogP contribution in [-0.4, -0.2) is 15.9 Å². The summed E-state index contributed by atoms with van der Waals surface area (Å²) in [5.41, 5.74) is 8.78. The standard InChI is InChI=1S/C21H15N3O2/c22-20(25)17-11-16(12-23-19(17)15-9-5-2-6-10-15)21-24-13-18(26-21)14-7-3-1-4-8-14/h1-13H,(H2,22,25). The van der Waals surface area contributed by atoms with E-state index < -0.39 is 5.91 Å². The zero-order valence-corrected chi connectivity index (χ0v) is 13.8. The minimum absolute atomic E-state index is 0.327. The molecule has 0 aliphatic rings. The molecule has 0 aliphatic carbocycles. The number of carbonyl (C=O) groups excluding carboxylic acids is 1. The molecule has 0 radical (unpaired) electrons. The summed E-state index contributed by atoms with van der Waals surface area (Å²) in [6, 6.07) is 20.8. The molecule has 0 bridgehead atoms. The lowest BCUT2D eigenvalue weighted by Gasteiger charge is -2.07. The van der Waals surface area contributed by atoms with Gasteiger partial charge in [0.15, 0.2) is 5.76 Å². The fraction of sp³-hybridized carbons (Fsp3) is 0. The van der Waals surface area contributed by atoms with Crippen LogP contribution in [0.1, 0.15) is 10.4 Å². The first-order valence-corrected chi connectivity index (χ1v) is 8.09. The number of amides is 1. The molecule has 2 N–H and O–H groups in total. The number of hydrogen-bond acceptors (Lipinski definition) is 4. The van der Waals surface area contributed by atoms with Gasteiger partial charge in [-0.15, -0.1) is 0 Å². The first-order valence-electron chi connectivity index (χ1n) is 8.09. The number of aromatic nitrogens is 2. The van der Waals surface area contributed by atoms with E-state index in [1.807, 2.05) is 60.7 Å². The number of rotatable bonds is 4. The summed E-state index contributed by atoms with van der Waals surface area (Å²) in [6.45, 7) is 0. The van der Waals surface area contributed by atoms with Crippen LogP contribution in [0.4, 0.5) is 0 Å². The summed E-state index contributed by atoms with van der Waals surface area (Å²) in [5.74, 6) is 0.486. The Balaban J connectivity index is 1.76. The van der Waals surface area contributed by atoms with Gasteiger partial charge in [0.1, 0.15) is 0 Å². The van der Waals surface area contributed by atoms with E-state index in [0.29, 0.717) is 28.5 Å². The SMILES string of the molecule is NC(=O)c1cc(-c2ncc(-c3ccccc3)o2)cnc1-c1ccccc1. The Labute approximate surface area is 150 Å². The maximum absolute atomic E-state index is 11.9. The molecule has 0 spiro atoms. The number of oxazole rings is 1. The van der Waals surface area contributed by atoms with Gasteiger partial charge in [-0.3, -0.25) is 9.78 Å². The average molecular weight is 341 g/mol. The van der Waals surface area contributed by atoms with Crippen LogP contribution in [0.15, 0.2) is 83.5 Å². The smallest absolute Gasteiger partial charge is 0.250 e. The molecule has 2 heterocycles. The summed E-state index contributed by atoms with van der Waals surface area (Å²) in [5, 5.41) is 0. The third kappa shape index (κ3) is 2.98. The highest BCUT2D eigenvalue weighted by Gasteiger charge is 2.16. The minimum atomic E-state index is -0.548. The molecule has 26 heavy (non-hydrogen) atoms. The highest BCUT2D eigenvalue weighted by molar-refractivity contribution is 5.99. The van der Waals surface area contributed by atoms with Gasteiger partial charge >= 0.3 is 0 Å². The lowest BCUT2D eigenvalue weighted by Crippen LogP contribution is -2.13. The summed E-state index contributed by atoms with van der Waals surface area (Å²) < 4.78 is 5.83. The van der Waals surface area contributed by atoms with E-state index in [-0.39, 0.29) is 0 Å². The third-order valence-electron chi connectivity index (χ3n) is 4.01. The fourth-order valence-corrected chi connectivity index (χ4v) is 2.74. The van der Waals surface area contributed by atoms with Gasteiger partial charge in [-0.1, -0.05) is 60.7 Å². The predicted molar refractivity (Wildman–Crippen MR) is 99.1 cm³/mol. The molecule has 0 aliphatic heterocycles. The Hall–Kier alpha value is -3.73. The molecule has 0 saturated carbocycles. The van der Waals surface area contributed by atoms with Gasteiger partial charge in [0.2, 0.25) is 5.89 Å². The quantitative estimate of drug-likeness (QED) is 0.604. The molecule has 0 fully saturated rings. The van der Waals surface area contributed by atoms with E-state index in [9.17, 15) is 4.79 Å². The molecular formula is C21H15N3O2. The Morgan fingerprint density at radius 2 is 1.46 bits per heavy atom. The van der Waals surface area contributed by atoms with Gasteiger partial charge in [0.05, 0.1) is 23.0 Å². The summed E-state index contributed by atoms with van der Waals surface area (Å²) in [4.78, 5) is 20.7. The van der Waals surface area contributed by atoms with Crippen LogP contribution in [0.5, 0.6) is 0 Å². The van der Waals surface area contributed by atoms with Crippen LogP contribution in [0.25, 0.3) is 34.0 Å². The number of benzene rings is 2. The normalized spacial score (nSPS) is 10.6. The Kier molecular flexibility index (Phi) is 4.03. The first-order chi connectivity index (χ1) is 12.7. The van der Waals surface area contributed by atoms with E-state index in [1.54, 1.807) is 18.5 Å². The molecule has 5 nitrogen and oxygen atoms in total. The Bertz CT molecular complexity index is 1060. The number of nitrogens with zero attached hydrogens (tertiary/aromatic N) is 2. The van der Waals surface area contributed by atoms with Gasteiger partial charge < -0.3 is 10.2 Å². The highest BCUT2D eigenvalue weighted by Crippen LogP contribution is 2.29. The summed E-state index contributed by atoms with van der Waals surface area (Å²) >= 11 is 0. The molecule has 0 saturated heterocycles. The molecule has 2 aromatic carbocycles. The molecule has 5 heteroatoms. The number of pyridine rings is 1. The molecule has 0 unspecified atom stereocenters. The minimum Gasteiger partial charge on any atom is -0.436 e. The van der Waals surface area contributed by atoms with Crippen molar-refractivity contribution in [2.75, 3.05) is 0 Å². The van der Waals surface area contributed by atoms with E-state index in [0.717, 1.165) is 11.1 Å². The summed E-state index contributed by atoms with van der Waals surface area (Å²) in [7, 11) is 0. The lowest BCUT2D eigenvalue weighted by molar-refractivity contribution is 0.100. The second-order valence-electron chi connectivity index (χ2n) is 5.75. The van der Waals surface area contributed by atoms with E-state index in [1.165, 1.54) is 0 Å². The zero-order valence-electron chi connectivity index (χ0n) is 13.8. The first kappa shape index (κ1) is 15.8. The van der Waals surface area contributed by atoms with Crippen LogP contribution in [-0.2, 0) is 0 Å². The van der Waals surface area contributed by atoms with Gasteiger partial charge in [-0.2, -0.15) is 0 Å². The van der Waals surface area contributed by atoms with Crippen LogP contribution in [0.2, 0.25) is 0 Å². The van der Waals surface area contributed by atoms with Crippen LogP contribution < -0.4 is 5.73 Å². The lowest BCUT2D eigenvalue weighted by atomic mass is 10.0. The van der Waals surface area contributed by atoms with Crippen molar-refractivity contribution in [2.24, 2.45) is 5.73 Å². The predicted octanol–water partition coefficient (Wildman–Crippen LogP) is 4.17. The number of nitrogens with two attached hydrogens (primary N) is 1. The van der Waals surface area contributed by atoms with Crippen molar-refractivity contribution in [3.05, 3.63) is 84.7 Å². The maximum Gasteiger partial charge on any atom is 0.250 e. The van der Waals surface area contributed by atoms with Crippen molar-refractivity contribution in [2.45, 2.75) is 0 Å².